The average molecular weight is 563 g/mol. The topological polar surface area (TPSA) is 82.9 Å². The van der Waals surface area contributed by atoms with Crippen LogP contribution in [0.1, 0.15) is 5.56 Å². The predicted octanol–water partition coefficient (Wildman–Crippen LogP) is 4.02. The fourth-order valence-electron chi connectivity index (χ4n) is 3.28. The smallest absolute Gasteiger partial charge is 0.343 e. The molecule has 0 atom stereocenters. The molecule has 0 aromatic heterocycles. The van der Waals surface area contributed by atoms with E-state index in [1.54, 1.807) is 23.1 Å². The van der Waals surface area contributed by atoms with E-state index in [0.717, 1.165) is 5.69 Å². The van der Waals surface area contributed by atoms with Crippen LogP contribution in [0, 0.1) is 11.3 Å². The number of hydrogen-bond donors (Lipinski definition) is 0. The molecule has 1 fully saturated rings. The van der Waals surface area contributed by atoms with E-state index in [1.165, 1.54) is 7.11 Å². The van der Waals surface area contributed by atoms with Gasteiger partial charge in [0.15, 0.2) is 6.61 Å². The number of carbonyl (C=O) groups is 2. The highest BCUT2D eigenvalue weighted by atomic mass is 79.9. The number of piperazine rings is 1. The van der Waals surface area contributed by atoms with E-state index in [4.69, 9.17) is 4.74 Å². The van der Waals surface area contributed by atoms with Crippen molar-refractivity contribution in [2.75, 3.05) is 44.8 Å². The summed E-state index contributed by atoms with van der Waals surface area (Å²) in [4.78, 5) is 28.2. The van der Waals surface area contributed by atoms with Crippen molar-refractivity contribution in [2.24, 2.45) is 0 Å². The SMILES string of the molecule is COC(=O)COc1c(Br)cc(/C=C(/C#N)C(=O)N2CCN(c3ccccc3)CC2)cc1Br. The normalized spacial score (nSPS) is 14.0. The lowest BCUT2D eigenvalue weighted by Crippen LogP contribution is -2.49. The third kappa shape index (κ3) is 5.90. The Morgan fingerprint density at radius 2 is 1.72 bits per heavy atom. The third-order valence-electron chi connectivity index (χ3n) is 4.93. The van der Waals surface area contributed by atoms with Crippen LogP contribution in [0.5, 0.6) is 5.75 Å². The first-order valence-corrected chi connectivity index (χ1v) is 11.4. The Morgan fingerprint density at radius 1 is 1.09 bits per heavy atom. The fraction of sp³-hybridized carbons (Fsp3) is 0.261. The Hall–Kier alpha value is -2.83. The third-order valence-corrected chi connectivity index (χ3v) is 6.11. The Balaban J connectivity index is 1.70. The molecule has 1 aliphatic rings. The van der Waals surface area contributed by atoms with Gasteiger partial charge in [-0.15, -0.1) is 0 Å². The molecule has 0 spiro atoms. The number of nitriles is 1. The quantitative estimate of drug-likeness (QED) is 0.300. The molecule has 0 unspecified atom stereocenters. The number of benzene rings is 2. The molecule has 32 heavy (non-hydrogen) atoms. The average Bonchev–Trinajstić information content (AvgIpc) is 2.82. The highest BCUT2D eigenvalue weighted by Crippen LogP contribution is 2.35. The molecular formula is C23H21Br2N3O4. The van der Waals surface area contributed by atoms with Gasteiger partial charge >= 0.3 is 5.97 Å². The van der Waals surface area contributed by atoms with Gasteiger partial charge in [0.1, 0.15) is 17.4 Å². The van der Waals surface area contributed by atoms with Crippen molar-refractivity contribution < 1.29 is 19.1 Å². The number of rotatable bonds is 6. The van der Waals surface area contributed by atoms with E-state index < -0.39 is 5.97 Å². The molecule has 1 amide bonds. The number of anilines is 1. The number of halogens is 2. The Morgan fingerprint density at radius 3 is 2.28 bits per heavy atom. The van der Waals surface area contributed by atoms with Crippen LogP contribution in [0.15, 0.2) is 57.0 Å². The van der Waals surface area contributed by atoms with Gasteiger partial charge in [-0.1, -0.05) is 18.2 Å². The minimum atomic E-state index is -0.502. The van der Waals surface area contributed by atoms with Crippen molar-refractivity contribution in [2.45, 2.75) is 0 Å². The minimum Gasteiger partial charge on any atom is -0.480 e. The van der Waals surface area contributed by atoms with Crippen molar-refractivity contribution in [3.63, 3.8) is 0 Å². The second kappa shape index (κ2) is 11.2. The van der Waals surface area contributed by atoms with E-state index in [0.29, 0.717) is 46.4 Å². The van der Waals surface area contributed by atoms with Crippen LogP contribution in [0.4, 0.5) is 5.69 Å². The van der Waals surface area contributed by atoms with Gasteiger partial charge in [0, 0.05) is 31.9 Å². The Bertz CT molecular complexity index is 1040. The molecule has 1 heterocycles. The molecule has 166 valence electrons. The fourth-order valence-corrected chi connectivity index (χ4v) is 4.73. The van der Waals surface area contributed by atoms with Crippen LogP contribution >= 0.6 is 31.9 Å². The molecule has 0 bridgehead atoms. The maximum atomic E-state index is 12.9. The summed E-state index contributed by atoms with van der Waals surface area (Å²) in [6, 6.07) is 15.5. The zero-order valence-electron chi connectivity index (χ0n) is 17.4. The summed E-state index contributed by atoms with van der Waals surface area (Å²) >= 11 is 6.81. The summed E-state index contributed by atoms with van der Waals surface area (Å²) < 4.78 is 11.2. The monoisotopic (exact) mass is 561 g/mol. The van der Waals surface area contributed by atoms with Crippen molar-refractivity contribution in [1.29, 1.82) is 5.26 Å². The summed E-state index contributed by atoms with van der Waals surface area (Å²) in [5.74, 6) is -0.370. The number of hydrogen-bond acceptors (Lipinski definition) is 6. The molecule has 0 aliphatic carbocycles. The second-order valence-electron chi connectivity index (χ2n) is 6.96. The maximum absolute atomic E-state index is 12.9. The molecule has 0 N–H and O–H groups in total. The van der Waals surface area contributed by atoms with Crippen LogP contribution in [0.2, 0.25) is 0 Å². The predicted molar refractivity (Wildman–Crippen MR) is 128 cm³/mol. The highest BCUT2D eigenvalue weighted by molar-refractivity contribution is 9.11. The lowest BCUT2D eigenvalue weighted by Gasteiger charge is -2.36. The molecule has 3 rings (SSSR count). The van der Waals surface area contributed by atoms with Crippen LogP contribution in [-0.2, 0) is 14.3 Å². The van der Waals surface area contributed by atoms with Crippen LogP contribution in [-0.4, -0.2) is 56.7 Å². The molecule has 1 saturated heterocycles. The van der Waals surface area contributed by atoms with Gasteiger partial charge in [-0.3, -0.25) is 4.79 Å². The van der Waals surface area contributed by atoms with Crippen molar-refractivity contribution in [1.82, 2.24) is 4.90 Å². The standard InChI is InChI=1S/C23H21Br2N3O4/c1-31-21(29)15-32-22-19(24)12-16(13-20(22)25)11-17(14-26)23(30)28-9-7-27(8-10-28)18-5-3-2-4-6-18/h2-6,11-13H,7-10,15H2,1H3/b17-11-. The van der Waals surface area contributed by atoms with E-state index in [-0.39, 0.29) is 18.1 Å². The minimum absolute atomic E-state index is 0.0557. The zero-order chi connectivity index (χ0) is 23.1. The molecule has 2 aromatic rings. The van der Waals surface area contributed by atoms with Crippen molar-refractivity contribution >= 4 is 55.5 Å². The van der Waals surface area contributed by atoms with Gasteiger partial charge in [0.25, 0.3) is 5.91 Å². The van der Waals surface area contributed by atoms with Crippen LogP contribution < -0.4 is 9.64 Å². The molecule has 2 aromatic carbocycles. The summed E-state index contributed by atoms with van der Waals surface area (Å²) in [6.07, 6.45) is 1.55. The molecule has 0 saturated carbocycles. The number of ether oxygens (including phenoxy) is 2. The van der Waals surface area contributed by atoms with Crippen molar-refractivity contribution in [3.05, 3.63) is 62.5 Å². The van der Waals surface area contributed by atoms with Crippen LogP contribution in [0.25, 0.3) is 6.08 Å². The summed E-state index contributed by atoms with van der Waals surface area (Å²) in [7, 11) is 1.28. The highest BCUT2D eigenvalue weighted by Gasteiger charge is 2.24. The first kappa shape index (κ1) is 23.8. The van der Waals surface area contributed by atoms with E-state index in [9.17, 15) is 14.9 Å². The summed E-state index contributed by atoms with van der Waals surface area (Å²) in [5.41, 5.74) is 1.82. The van der Waals surface area contributed by atoms with Gasteiger partial charge in [-0.25, -0.2) is 4.79 Å². The lowest BCUT2D eigenvalue weighted by molar-refractivity contribution is -0.143. The number of esters is 1. The van der Waals surface area contributed by atoms with Gasteiger partial charge in [-0.05, 0) is 67.8 Å². The number of nitrogens with zero attached hydrogens (tertiary/aromatic N) is 3. The first-order valence-electron chi connectivity index (χ1n) is 9.82. The Kier molecular flexibility index (Phi) is 8.31. The van der Waals surface area contributed by atoms with Crippen LogP contribution in [0.3, 0.4) is 0 Å². The van der Waals surface area contributed by atoms with Gasteiger partial charge < -0.3 is 19.3 Å². The maximum Gasteiger partial charge on any atom is 0.343 e. The molecule has 9 heteroatoms. The molecule has 0 radical (unpaired) electrons. The van der Waals surface area contributed by atoms with E-state index >= 15 is 0 Å². The number of para-hydroxylation sites is 1. The largest absolute Gasteiger partial charge is 0.480 e. The van der Waals surface area contributed by atoms with Gasteiger partial charge in [-0.2, -0.15) is 5.26 Å². The van der Waals surface area contributed by atoms with Gasteiger partial charge in [0.2, 0.25) is 0 Å². The number of amides is 1. The number of methoxy groups -OCH3 is 1. The van der Waals surface area contributed by atoms with Gasteiger partial charge in [0.05, 0.1) is 16.1 Å². The second-order valence-corrected chi connectivity index (χ2v) is 8.67. The first-order chi connectivity index (χ1) is 15.4. The van der Waals surface area contributed by atoms with E-state index in [2.05, 4.69) is 41.5 Å². The molecule has 1 aliphatic heterocycles. The lowest BCUT2D eigenvalue weighted by atomic mass is 10.1. The van der Waals surface area contributed by atoms with Crippen molar-refractivity contribution in [3.8, 4) is 11.8 Å². The zero-order valence-corrected chi connectivity index (χ0v) is 20.6. The molecular weight excluding hydrogens is 542 g/mol. The Labute approximate surface area is 203 Å². The van der Waals surface area contributed by atoms with E-state index in [1.807, 2.05) is 36.4 Å². The summed E-state index contributed by atoms with van der Waals surface area (Å²) in [5, 5.41) is 9.61. The summed E-state index contributed by atoms with van der Waals surface area (Å²) in [6.45, 7) is 2.26. The molecule has 7 nitrogen and oxygen atoms in total. The number of carbonyl (C=O) groups excluding carboxylic acids is 2.